The van der Waals surface area contributed by atoms with E-state index < -0.39 is 6.03 Å². The molecule has 1 aromatic heterocycles. The number of ether oxygens (including phenoxy) is 1. The van der Waals surface area contributed by atoms with Crippen LogP contribution in [0, 0.1) is 13.8 Å². The molecule has 0 aliphatic heterocycles. The number of anilines is 1. The van der Waals surface area contributed by atoms with Crippen LogP contribution >= 0.6 is 11.6 Å². The maximum Gasteiger partial charge on any atom is 0.339 e. The van der Waals surface area contributed by atoms with Gasteiger partial charge in [0, 0.05) is 33.3 Å². The normalized spacial score (nSPS) is 10.8. The number of aromatic nitrogens is 1. The van der Waals surface area contributed by atoms with Crippen LogP contribution < -0.4 is 10.7 Å². The summed E-state index contributed by atoms with van der Waals surface area (Å²) in [5.41, 5.74) is 7.05. The number of hydrogen-bond acceptors (Lipinski definition) is 4. The van der Waals surface area contributed by atoms with Gasteiger partial charge in [0.15, 0.2) is 0 Å². The number of halogens is 1. The molecule has 1 heterocycles. The molecule has 2 aromatic carbocycles. The first-order valence-electron chi connectivity index (χ1n) is 9.71. The number of nitrogens with one attached hydrogen (secondary N) is 2. The Morgan fingerprint density at radius 2 is 1.90 bits per heavy atom. The third-order valence-corrected chi connectivity index (χ3v) is 4.77. The van der Waals surface area contributed by atoms with Crippen molar-refractivity contribution in [3.05, 3.63) is 82.1 Å². The molecule has 0 radical (unpaired) electrons. The summed E-state index contributed by atoms with van der Waals surface area (Å²) >= 11 is 5.91. The minimum Gasteiger partial charge on any atom is -0.462 e. The molecule has 0 fully saturated rings. The molecule has 0 saturated carbocycles. The van der Waals surface area contributed by atoms with E-state index in [1.54, 1.807) is 49.5 Å². The maximum absolute atomic E-state index is 12.1. The van der Waals surface area contributed by atoms with Crippen molar-refractivity contribution in [2.75, 3.05) is 11.9 Å². The number of hydrogen-bond donors (Lipinski definition) is 2. The first-order valence-corrected chi connectivity index (χ1v) is 10.1. The van der Waals surface area contributed by atoms with Gasteiger partial charge in [-0.1, -0.05) is 23.7 Å². The van der Waals surface area contributed by atoms with Crippen LogP contribution in [0.5, 0.6) is 0 Å². The number of aryl methyl sites for hydroxylation is 1. The van der Waals surface area contributed by atoms with Gasteiger partial charge in [0.05, 0.1) is 18.4 Å². The van der Waals surface area contributed by atoms with Crippen LogP contribution in [0.25, 0.3) is 5.69 Å². The molecule has 0 aliphatic carbocycles. The molecule has 3 aromatic rings. The highest BCUT2D eigenvalue weighted by Crippen LogP contribution is 2.21. The van der Waals surface area contributed by atoms with E-state index in [2.05, 4.69) is 15.8 Å². The van der Waals surface area contributed by atoms with E-state index in [1.165, 1.54) is 0 Å². The van der Waals surface area contributed by atoms with E-state index in [4.69, 9.17) is 16.3 Å². The number of nitrogens with zero attached hydrogens (tertiary/aromatic N) is 2. The first-order chi connectivity index (χ1) is 14.9. The standard InChI is InChI=1S/C23H23ClN4O3/c1-4-31-22(29)17-7-5-10-21(12-17)28-15(2)11-18(16(28)3)14-25-27-23(30)26-20-9-6-8-19(24)13-20/h5-14H,4H2,1-3H3,(H2,26,27,30)/b25-14+. The molecule has 3 rings (SSSR count). The Morgan fingerprint density at radius 3 is 2.65 bits per heavy atom. The van der Waals surface area contributed by atoms with Crippen molar-refractivity contribution in [1.82, 2.24) is 9.99 Å². The lowest BCUT2D eigenvalue weighted by molar-refractivity contribution is 0.0526. The van der Waals surface area contributed by atoms with E-state index >= 15 is 0 Å². The van der Waals surface area contributed by atoms with Crippen molar-refractivity contribution in [2.45, 2.75) is 20.8 Å². The molecule has 0 spiro atoms. The molecule has 8 heteroatoms. The number of carbonyl (C=O) groups is 2. The number of amides is 2. The van der Waals surface area contributed by atoms with Gasteiger partial charge in [0.1, 0.15) is 0 Å². The molecule has 0 bridgehead atoms. The number of hydrazone groups is 1. The van der Waals surface area contributed by atoms with Gasteiger partial charge in [-0.15, -0.1) is 0 Å². The minimum atomic E-state index is -0.477. The van der Waals surface area contributed by atoms with Gasteiger partial charge >= 0.3 is 12.0 Å². The topological polar surface area (TPSA) is 84.7 Å². The predicted molar refractivity (Wildman–Crippen MR) is 122 cm³/mol. The van der Waals surface area contributed by atoms with E-state index in [1.807, 2.05) is 36.6 Å². The van der Waals surface area contributed by atoms with Gasteiger partial charge in [0.25, 0.3) is 0 Å². The Hall–Kier alpha value is -3.58. The molecular formula is C23H23ClN4O3. The third-order valence-electron chi connectivity index (χ3n) is 4.54. The Labute approximate surface area is 185 Å². The summed E-state index contributed by atoms with van der Waals surface area (Å²) in [6.45, 7) is 6.00. The largest absolute Gasteiger partial charge is 0.462 e. The average molecular weight is 439 g/mol. The zero-order chi connectivity index (χ0) is 22.4. The number of esters is 1. The molecule has 7 nitrogen and oxygen atoms in total. The molecule has 0 unspecified atom stereocenters. The van der Waals surface area contributed by atoms with Gasteiger partial charge in [0.2, 0.25) is 0 Å². The quantitative estimate of drug-likeness (QED) is 0.319. The molecule has 2 amide bonds. The number of urea groups is 1. The fourth-order valence-corrected chi connectivity index (χ4v) is 3.38. The monoisotopic (exact) mass is 438 g/mol. The maximum atomic E-state index is 12.1. The minimum absolute atomic E-state index is 0.323. The molecule has 160 valence electrons. The summed E-state index contributed by atoms with van der Waals surface area (Å²) in [6.07, 6.45) is 1.57. The van der Waals surface area contributed by atoms with Crippen LogP contribution in [0.3, 0.4) is 0 Å². The molecule has 0 saturated heterocycles. The van der Waals surface area contributed by atoms with Crippen molar-refractivity contribution in [1.29, 1.82) is 0 Å². The SMILES string of the molecule is CCOC(=O)c1cccc(-n2c(C)cc(/C=N/NC(=O)Nc3cccc(Cl)c3)c2C)c1. The number of benzene rings is 2. The van der Waals surface area contributed by atoms with Crippen molar-refractivity contribution >= 4 is 35.5 Å². The number of rotatable bonds is 6. The van der Waals surface area contributed by atoms with E-state index in [-0.39, 0.29) is 5.97 Å². The lowest BCUT2D eigenvalue weighted by atomic mass is 10.2. The summed E-state index contributed by atoms with van der Waals surface area (Å²) in [5, 5.41) is 7.22. The zero-order valence-electron chi connectivity index (χ0n) is 17.5. The van der Waals surface area contributed by atoms with Crippen molar-refractivity contribution in [2.24, 2.45) is 5.10 Å². The summed E-state index contributed by atoms with van der Waals surface area (Å²) in [5.74, 6) is -0.358. The Balaban J connectivity index is 1.73. The first kappa shape index (κ1) is 22.1. The molecule has 2 N–H and O–H groups in total. The average Bonchev–Trinajstić information content (AvgIpc) is 3.01. The summed E-state index contributed by atoms with van der Waals surface area (Å²) in [4.78, 5) is 24.1. The molecular weight excluding hydrogens is 416 g/mol. The number of carbonyl (C=O) groups excluding carboxylic acids is 2. The van der Waals surface area contributed by atoms with Crippen LogP contribution in [0.2, 0.25) is 5.02 Å². The Bertz CT molecular complexity index is 1140. The van der Waals surface area contributed by atoms with Crippen molar-refractivity contribution in [3.8, 4) is 5.69 Å². The second-order valence-corrected chi connectivity index (χ2v) is 7.20. The molecule has 31 heavy (non-hydrogen) atoms. The van der Waals surface area contributed by atoms with Crippen molar-refractivity contribution in [3.63, 3.8) is 0 Å². The van der Waals surface area contributed by atoms with Crippen LogP contribution in [0.4, 0.5) is 10.5 Å². The highest BCUT2D eigenvalue weighted by atomic mass is 35.5. The second-order valence-electron chi connectivity index (χ2n) is 6.77. The summed E-state index contributed by atoms with van der Waals surface area (Å²) in [7, 11) is 0. The highest BCUT2D eigenvalue weighted by Gasteiger charge is 2.12. The van der Waals surface area contributed by atoms with Gasteiger partial charge in [-0.3, -0.25) is 0 Å². The third kappa shape index (κ3) is 5.52. The zero-order valence-corrected chi connectivity index (χ0v) is 18.2. The summed E-state index contributed by atoms with van der Waals surface area (Å²) in [6, 6.07) is 15.6. The van der Waals surface area contributed by atoms with Crippen LogP contribution in [-0.4, -0.2) is 29.4 Å². The fraction of sp³-hybridized carbons (Fsp3) is 0.174. The molecule has 0 atom stereocenters. The van der Waals surface area contributed by atoms with E-state index in [0.717, 1.165) is 22.6 Å². The van der Waals surface area contributed by atoms with E-state index in [0.29, 0.717) is 22.9 Å². The van der Waals surface area contributed by atoms with Gasteiger partial charge < -0.3 is 14.6 Å². The second kappa shape index (κ2) is 9.95. The summed E-state index contributed by atoms with van der Waals surface area (Å²) < 4.78 is 7.10. The van der Waals surface area contributed by atoms with Crippen LogP contribution in [-0.2, 0) is 4.74 Å². The van der Waals surface area contributed by atoms with E-state index in [9.17, 15) is 9.59 Å². The highest BCUT2D eigenvalue weighted by molar-refractivity contribution is 6.30. The van der Waals surface area contributed by atoms with Crippen LogP contribution in [0.1, 0.15) is 34.2 Å². The lowest BCUT2D eigenvalue weighted by Crippen LogP contribution is -2.24. The smallest absolute Gasteiger partial charge is 0.339 e. The van der Waals surface area contributed by atoms with Crippen LogP contribution in [0.15, 0.2) is 59.7 Å². The predicted octanol–water partition coefficient (Wildman–Crippen LogP) is 5.08. The molecule has 0 aliphatic rings. The Morgan fingerprint density at radius 1 is 1.13 bits per heavy atom. The fourth-order valence-electron chi connectivity index (χ4n) is 3.19. The van der Waals surface area contributed by atoms with Gasteiger partial charge in [-0.05, 0) is 63.2 Å². The van der Waals surface area contributed by atoms with Crippen molar-refractivity contribution < 1.29 is 14.3 Å². The van der Waals surface area contributed by atoms with Gasteiger partial charge in [-0.2, -0.15) is 5.10 Å². The Kier molecular flexibility index (Phi) is 7.10. The lowest BCUT2D eigenvalue weighted by Gasteiger charge is -2.11. The van der Waals surface area contributed by atoms with Gasteiger partial charge in [-0.25, -0.2) is 15.0 Å².